The van der Waals surface area contributed by atoms with Gasteiger partial charge in [-0.3, -0.25) is 14.4 Å². The van der Waals surface area contributed by atoms with Gasteiger partial charge >= 0.3 is 0 Å². The summed E-state index contributed by atoms with van der Waals surface area (Å²) in [6.45, 7) is 4.21. The van der Waals surface area contributed by atoms with Gasteiger partial charge < -0.3 is 5.32 Å². The first-order valence-corrected chi connectivity index (χ1v) is 11.8. The molecule has 4 rings (SSSR count). The molecular formula is C24H22N2O3S2. The quantitative estimate of drug-likeness (QED) is 0.500. The van der Waals surface area contributed by atoms with Crippen LogP contribution in [0.5, 0.6) is 0 Å². The summed E-state index contributed by atoms with van der Waals surface area (Å²) >= 11 is 2.76. The average molecular weight is 451 g/mol. The van der Waals surface area contributed by atoms with Crippen LogP contribution >= 0.6 is 23.1 Å². The number of thiophene rings is 1. The molecule has 7 heteroatoms. The van der Waals surface area contributed by atoms with E-state index in [1.165, 1.54) is 33.6 Å². The summed E-state index contributed by atoms with van der Waals surface area (Å²) in [6, 6.07) is 18.5. The maximum atomic E-state index is 12.9. The second kappa shape index (κ2) is 9.08. The SMILES string of the molecule is CC(C)c1ccc(N2C(=O)CC(Sc3ccc(NC(=O)c4cccs4)cc3)C2=O)cc1. The third-order valence-electron chi connectivity index (χ3n) is 5.06. The summed E-state index contributed by atoms with van der Waals surface area (Å²) in [7, 11) is 0. The molecule has 0 saturated carbocycles. The number of imide groups is 1. The van der Waals surface area contributed by atoms with Crippen molar-refractivity contribution in [2.75, 3.05) is 10.2 Å². The van der Waals surface area contributed by atoms with Crippen LogP contribution in [-0.4, -0.2) is 23.0 Å². The van der Waals surface area contributed by atoms with Crippen molar-refractivity contribution < 1.29 is 14.4 Å². The molecule has 1 aliphatic rings. The lowest BCUT2D eigenvalue weighted by atomic mass is 10.0. The summed E-state index contributed by atoms with van der Waals surface area (Å²) in [5.41, 5.74) is 2.47. The number of anilines is 2. The Labute approximate surface area is 189 Å². The standard InChI is InChI=1S/C24H22N2O3S2/c1-15(2)16-5-9-18(10-6-16)26-22(27)14-21(24(26)29)31-19-11-7-17(8-12-19)25-23(28)20-4-3-13-30-20/h3-13,15,21H,14H2,1-2H3,(H,25,28). The van der Waals surface area contributed by atoms with Gasteiger partial charge in [0.05, 0.1) is 15.8 Å². The van der Waals surface area contributed by atoms with Crippen LogP contribution in [0.25, 0.3) is 0 Å². The second-order valence-electron chi connectivity index (χ2n) is 7.58. The number of nitrogens with zero attached hydrogens (tertiary/aromatic N) is 1. The fourth-order valence-corrected chi connectivity index (χ4v) is 5.03. The van der Waals surface area contributed by atoms with E-state index in [-0.39, 0.29) is 24.1 Å². The number of amides is 3. The van der Waals surface area contributed by atoms with Gasteiger partial charge in [0.1, 0.15) is 0 Å². The smallest absolute Gasteiger partial charge is 0.265 e. The normalized spacial score (nSPS) is 16.2. The van der Waals surface area contributed by atoms with Gasteiger partial charge in [-0.05, 0) is 59.3 Å². The van der Waals surface area contributed by atoms with Crippen molar-refractivity contribution in [2.45, 2.75) is 36.3 Å². The van der Waals surface area contributed by atoms with Gasteiger partial charge in [-0.2, -0.15) is 0 Å². The Morgan fingerprint density at radius 3 is 2.39 bits per heavy atom. The molecule has 3 amide bonds. The van der Waals surface area contributed by atoms with Crippen molar-refractivity contribution in [3.8, 4) is 0 Å². The zero-order valence-electron chi connectivity index (χ0n) is 17.2. The molecule has 0 bridgehead atoms. The minimum atomic E-state index is -0.455. The molecule has 0 aliphatic carbocycles. The van der Waals surface area contributed by atoms with Crippen molar-refractivity contribution in [1.29, 1.82) is 0 Å². The van der Waals surface area contributed by atoms with Crippen molar-refractivity contribution in [3.63, 3.8) is 0 Å². The van der Waals surface area contributed by atoms with Crippen LogP contribution in [0.2, 0.25) is 0 Å². The summed E-state index contributed by atoms with van der Waals surface area (Å²) in [5.74, 6) is -0.131. The molecule has 1 aliphatic heterocycles. The second-order valence-corrected chi connectivity index (χ2v) is 9.80. The fourth-order valence-electron chi connectivity index (χ4n) is 3.36. The molecule has 1 atom stereocenters. The van der Waals surface area contributed by atoms with E-state index in [9.17, 15) is 14.4 Å². The van der Waals surface area contributed by atoms with Gasteiger partial charge in [0.2, 0.25) is 11.8 Å². The lowest BCUT2D eigenvalue weighted by molar-refractivity contribution is -0.121. The first kappa shape index (κ1) is 21.3. The Bertz CT molecular complexity index is 1090. The highest BCUT2D eigenvalue weighted by Crippen LogP contribution is 2.34. The number of carbonyl (C=O) groups is 3. The van der Waals surface area contributed by atoms with E-state index in [0.29, 0.717) is 22.2 Å². The number of rotatable bonds is 6. The van der Waals surface area contributed by atoms with Crippen molar-refractivity contribution in [2.24, 2.45) is 0 Å². The van der Waals surface area contributed by atoms with Gasteiger partial charge in [-0.1, -0.05) is 32.0 Å². The number of thioether (sulfide) groups is 1. The molecule has 31 heavy (non-hydrogen) atoms. The molecule has 1 saturated heterocycles. The van der Waals surface area contributed by atoms with Crippen LogP contribution in [0, 0.1) is 0 Å². The third kappa shape index (κ3) is 4.73. The van der Waals surface area contributed by atoms with Crippen LogP contribution in [0.3, 0.4) is 0 Å². The molecule has 0 spiro atoms. The lowest BCUT2D eigenvalue weighted by Gasteiger charge is -2.16. The summed E-state index contributed by atoms with van der Waals surface area (Å²) in [4.78, 5) is 40.4. The molecule has 3 aromatic rings. The Hall–Kier alpha value is -2.90. The Morgan fingerprint density at radius 1 is 1.06 bits per heavy atom. The highest BCUT2D eigenvalue weighted by atomic mass is 32.2. The number of hydrogen-bond acceptors (Lipinski definition) is 5. The van der Waals surface area contributed by atoms with E-state index < -0.39 is 5.25 Å². The predicted octanol–water partition coefficient (Wildman–Crippen LogP) is 5.55. The maximum absolute atomic E-state index is 12.9. The van der Waals surface area contributed by atoms with E-state index in [1.54, 1.807) is 18.2 Å². The predicted molar refractivity (Wildman–Crippen MR) is 126 cm³/mol. The zero-order valence-corrected chi connectivity index (χ0v) is 18.8. The van der Waals surface area contributed by atoms with E-state index in [1.807, 2.05) is 47.8 Å². The summed E-state index contributed by atoms with van der Waals surface area (Å²) in [6.07, 6.45) is 0.173. The van der Waals surface area contributed by atoms with Crippen molar-refractivity contribution in [1.82, 2.24) is 0 Å². The number of hydrogen-bond donors (Lipinski definition) is 1. The summed E-state index contributed by atoms with van der Waals surface area (Å²) in [5, 5.41) is 4.26. The van der Waals surface area contributed by atoms with E-state index in [0.717, 1.165) is 4.90 Å². The lowest BCUT2D eigenvalue weighted by Crippen LogP contribution is -2.31. The van der Waals surface area contributed by atoms with Crippen molar-refractivity contribution in [3.05, 3.63) is 76.5 Å². The highest BCUT2D eigenvalue weighted by Gasteiger charge is 2.40. The molecule has 5 nitrogen and oxygen atoms in total. The van der Waals surface area contributed by atoms with Crippen LogP contribution in [0.4, 0.5) is 11.4 Å². The first-order valence-electron chi connectivity index (χ1n) is 10.0. The topological polar surface area (TPSA) is 66.5 Å². The van der Waals surface area contributed by atoms with Crippen LogP contribution in [0.15, 0.2) is 70.9 Å². The monoisotopic (exact) mass is 450 g/mol. The Kier molecular flexibility index (Phi) is 6.25. The number of benzene rings is 2. The van der Waals surface area contributed by atoms with Crippen LogP contribution in [-0.2, 0) is 9.59 Å². The molecule has 2 heterocycles. The van der Waals surface area contributed by atoms with Gasteiger partial charge in [-0.25, -0.2) is 4.90 Å². The van der Waals surface area contributed by atoms with Gasteiger partial charge in [0, 0.05) is 17.0 Å². The molecule has 1 aromatic heterocycles. The Morgan fingerprint density at radius 2 is 1.77 bits per heavy atom. The molecule has 1 unspecified atom stereocenters. The van der Waals surface area contributed by atoms with Crippen LogP contribution < -0.4 is 10.2 Å². The molecule has 1 N–H and O–H groups in total. The van der Waals surface area contributed by atoms with E-state index in [4.69, 9.17) is 0 Å². The third-order valence-corrected chi connectivity index (χ3v) is 7.12. The molecule has 2 aromatic carbocycles. The van der Waals surface area contributed by atoms with E-state index in [2.05, 4.69) is 19.2 Å². The number of carbonyl (C=O) groups excluding carboxylic acids is 3. The minimum Gasteiger partial charge on any atom is -0.321 e. The molecular weight excluding hydrogens is 428 g/mol. The number of nitrogens with one attached hydrogen (secondary N) is 1. The fraction of sp³-hybridized carbons (Fsp3) is 0.208. The van der Waals surface area contributed by atoms with Gasteiger partial charge in [-0.15, -0.1) is 23.1 Å². The highest BCUT2D eigenvalue weighted by molar-refractivity contribution is 8.00. The first-order chi connectivity index (χ1) is 14.9. The summed E-state index contributed by atoms with van der Waals surface area (Å²) < 4.78 is 0. The van der Waals surface area contributed by atoms with Crippen molar-refractivity contribution >= 4 is 52.2 Å². The van der Waals surface area contributed by atoms with Crippen LogP contribution in [0.1, 0.15) is 41.4 Å². The van der Waals surface area contributed by atoms with E-state index >= 15 is 0 Å². The Balaban J connectivity index is 1.41. The maximum Gasteiger partial charge on any atom is 0.265 e. The molecule has 1 fully saturated rings. The molecule has 158 valence electrons. The van der Waals surface area contributed by atoms with Gasteiger partial charge in [0.25, 0.3) is 5.91 Å². The zero-order chi connectivity index (χ0) is 22.0. The molecule has 0 radical (unpaired) electrons. The minimum absolute atomic E-state index is 0.147. The van der Waals surface area contributed by atoms with Gasteiger partial charge in [0.15, 0.2) is 0 Å². The average Bonchev–Trinajstić information content (AvgIpc) is 3.38. The largest absolute Gasteiger partial charge is 0.321 e.